The molecule has 0 aliphatic rings. The number of halogens is 2. The smallest absolute Gasteiger partial charge is 0.130 e. The van der Waals surface area contributed by atoms with Gasteiger partial charge in [-0.15, -0.1) is 0 Å². The van der Waals surface area contributed by atoms with Crippen LogP contribution in [-0.4, -0.2) is 5.11 Å². The maximum atomic E-state index is 13.8. The lowest BCUT2D eigenvalue weighted by Crippen LogP contribution is -2.03. The van der Waals surface area contributed by atoms with Crippen molar-refractivity contribution in [2.45, 2.75) is 25.9 Å². The monoisotopic (exact) mass is 322 g/mol. The second-order valence-corrected chi connectivity index (χ2v) is 5.48. The molecular weight excluding hydrogens is 307 g/mol. The largest absolute Gasteiger partial charge is 0.384 e. The van der Waals surface area contributed by atoms with E-state index in [9.17, 15) is 9.50 Å². The number of aryl methyl sites for hydroxylation is 1. The zero-order valence-corrected chi connectivity index (χ0v) is 12.3. The van der Waals surface area contributed by atoms with Gasteiger partial charge in [-0.1, -0.05) is 59.6 Å². The fourth-order valence-corrected chi connectivity index (χ4v) is 2.44. The first-order valence-electron chi connectivity index (χ1n) is 6.33. The Morgan fingerprint density at radius 1 is 1.21 bits per heavy atom. The average Bonchev–Trinajstić information content (AvgIpc) is 2.39. The number of aliphatic hydroxyl groups is 1. The van der Waals surface area contributed by atoms with Gasteiger partial charge >= 0.3 is 0 Å². The Hall–Kier alpha value is -1.19. The predicted octanol–water partition coefficient (Wildman–Crippen LogP) is 4.62. The van der Waals surface area contributed by atoms with Crippen molar-refractivity contribution < 1.29 is 9.50 Å². The number of benzene rings is 2. The van der Waals surface area contributed by atoms with E-state index in [0.717, 1.165) is 24.0 Å². The molecule has 0 amide bonds. The molecule has 1 unspecified atom stereocenters. The molecule has 0 aliphatic heterocycles. The zero-order valence-electron chi connectivity index (χ0n) is 10.7. The number of hydrogen-bond donors (Lipinski definition) is 1. The van der Waals surface area contributed by atoms with Crippen LogP contribution in [0.2, 0.25) is 0 Å². The summed E-state index contributed by atoms with van der Waals surface area (Å²) in [7, 11) is 0. The molecule has 2 rings (SSSR count). The second-order valence-electron chi connectivity index (χ2n) is 4.56. The van der Waals surface area contributed by atoms with Gasteiger partial charge in [-0.05, 0) is 29.7 Å². The van der Waals surface area contributed by atoms with E-state index in [4.69, 9.17) is 0 Å². The number of aliphatic hydroxyl groups excluding tert-OH is 1. The van der Waals surface area contributed by atoms with E-state index in [1.807, 2.05) is 24.3 Å². The number of hydrogen-bond acceptors (Lipinski definition) is 1. The van der Waals surface area contributed by atoms with E-state index in [1.54, 1.807) is 12.1 Å². The van der Waals surface area contributed by atoms with Gasteiger partial charge in [0.2, 0.25) is 0 Å². The topological polar surface area (TPSA) is 20.2 Å². The van der Waals surface area contributed by atoms with E-state index in [-0.39, 0.29) is 0 Å². The highest BCUT2D eigenvalue weighted by atomic mass is 79.9. The Morgan fingerprint density at radius 2 is 2.00 bits per heavy atom. The highest BCUT2D eigenvalue weighted by Crippen LogP contribution is 2.27. The molecule has 3 heteroatoms. The van der Waals surface area contributed by atoms with Crippen molar-refractivity contribution in [2.75, 3.05) is 0 Å². The van der Waals surface area contributed by atoms with Crippen molar-refractivity contribution >= 4 is 15.9 Å². The third-order valence-electron chi connectivity index (χ3n) is 3.06. The molecule has 0 spiro atoms. The Balaban J connectivity index is 2.32. The van der Waals surface area contributed by atoms with E-state index >= 15 is 0 Å². The first-order chi connectivity index (χ1) is 9.11. The summed E-state index contributed by atoms with van der Waals surface area (Å²) in [5, 5.41) is 10.3. The van der Waals surface area contributed by atoms with Crippen molar-refractivity contribution in [3.05, 3.63) is 69.4 Å². The van der Waals surface area contributed by atoms with Crippen molar-refractivity contribution in [1.29, 1.82) is 0 Å². The quantitative estimate of drug-likeness (QED) is 0.870. The fourth-order valence-electron chi connectivity index (χ4n) is 2.11. The van der Waals surface area contributed by atoms with Gasteiger partial charge in [0.1, 0.15) is 11.9 Å². The molecule has 1 N–H and O–H groups in total. The molecule has 0 radical (unpaired) electrons. The van der Waals surface area contributed by atoms with E-state index in [1.165, 1.54) is 6.07 Å². The van der Waals surface area contributed by atoms with Crippen LogP contribution in [0.3, 0.4) is 0 Å². The molecule has 2 aromatic rings. The highest BCUT2D eigenvalue weighted by Gasteiger charge is 2.15. The van der Waals surface area contributed by atoms with Gasteiger partial charge in [0.15, 0.2) is 0 Å². The van der Waals surface area contributed by atoms with Crippen LogP contribution in [0.4, 0.5) is 4.39 Å². The summed E-state index contributed by atoms with van der Waals surface area (Å²) in [5.74, 6) is -0.400. The predicted molar refractivity (Wildman–Crippen MR) is 78.6 cm³/mol. The lowest BCUT2D eigenvalue weighted by molar-refractivity contribution is 0.215. The molecule has 0 heterocycles. The summed E-state index contributed by atoms with van der Waals surface area (Å²) in [6.07, 6.45) is 1.08. The van der Waals surface area contributed by atoms with Crippen LogP contribution >= 0.6 is 15.9 Å². The molecule has 0 fully saturated rings. The van der Waals surface area contributed by atoms with E-state index in [2.05, 4.69) is 22.9 Å². The molecule has 0 saturated heterocycles. The van der Waals surface area contributed by atoms with Gasteiger partial charge in [0.05, 0.1) is 0 Å². The first-order valence-corrected chi connectivity index (χ1v) is 7.13. The van der Waals surface area contributed by atoms with Gasteiger partial charge in [-0.3, -0.25) is 0 Å². The summed E-state index contributed by atoms with van der Waals surface area (Å²) < 4.78 is 14.5. The first kappa shape index (κ1) is 14.2. The minimum Gasteiger partial charge on any atom is -0.384 e. The van der Waals surface area contributed by atoms with Crippen LogP contribution in [0.5, 0.6) is 0 Å². The fraction of sp³-hybridized carbons (Fsp3) is 0.250. The van der Waals surface area contributed by atoms with Crippen LogP contribution in [0.15, 0.2) is 46.9 Å². The molecule has 0 aromatic heterocycles. The summed E-state index contributed by atoms with van der Waals surface area (Å²) in [6, 6.07) is 12.4. The minimum atomic E-state index is -0.926. The van der Waals surface area contributed by atoms with E-state index in [0.29, 0.717) is 10.0 Å². The van der Waals surface area contributed by atoms with Crippen molar-refractivity contribution in [2.24, 2.45) is 0 Å². The molecule has 1 atom stereocenters. The summed E-state index contributed by atoms with van der Waals surface area (Å²) in [5.41, 5.74) is 2.19. The third-order valence-corrected chi connectivity index (χ3v) is 3.56. The highest BCUT2D eigenvalue weighted by molar-refractivity contribution is 9.10. The lowest BCUT2D eigenvalue weighted by Gasteiger charge is -2.14. The maximum Gasteiger partial charge on any atom is 0.130 e. The van der Waals surface area contributed by atoms with Crippen molar-refractivity contribution in [3.63, 3.8) is 0 Å². The zero-order chi connectivity index (χ0) is 13.8. The Kier molecular flexibility index (Phi) is 4.72. The van der Waals surface area contributed by atoms with Gasteiger partial charge in [0.25, 0.3) is 0 Å². The van der Waals surface area contributed by atoms with Crippen molar-refractivity contribution in [3.8, 4) is 0 Å². The lowest BCUT2D eigenvalue weighted by atomic mass is 9.98. The third kappa shape index (κ3) is 3.43. The Labute approximate surface area is 121 Å². The maximum absolute atomic E-state index is 13.8. The summed E-state index contributed by atoms with van der Waals surface area (Å²) >= 11 is 3.21. The van der Waals surface area contributed by atoms with Crippen LogP contribution in [0.25, 0.3) is 0 Å². The molecule has 0 aliphatic carbocycles. The molecule has 1 nitrogen and oxygen atoms in total. The molecule has 2 aromatic carbocycles. The molecular formula is C16H16BrFO. The standard InChI is InChI=1S/C16H16BrFO/c1-2-4-11-5-3-6-12(9-11)16(19)14-8-7-13(17)10-15(14)18/h3,5-10,16,19H,2,4H2,1H3. The summed E-state index contributed by atoms with van der Waals surface area (Å²) in [6.45, 7) is 2.11. The number of rotatable bonds is 4. The Morgan fingerprint density at radius 3 is 2.68 bits per heavy atom. The Bertz CT molecular complexity index is 568. The summed E-state index contributed by atoms with van der Waals surface area (Å²) in [4.78, 5) is 0. The van der Waals surface area contributed by atoms with Crippen LogP contribution < -0.4 is 0 Å². The van der Waals surface area contributed by atoms with Crippen LogP contribution in [-0.2, 0) is 6.42 Å². The molecule has 19 heavy (non-hydrogen) atoms. The van der Waals surface area contributed by atoms with Crippen molar-refractivity contribution in [1.82, 2.24) is 0 Å². The van der Waals surface area contributed by atoms with Crippen LogP contribution in [0.1, 0.15) is 36.1 Å². The van der Waals surface area contributed by atoms with Gasteiger partial charge in [0, 0.05) is 10.0 Å². The van der Waals surface area contributed by atoms with E-state index < -0.39 is 11.9 Å². The van der Waals surface area contributed by atoms with Gasteiger partial charge < -0.3 is 5.11 Å². The second kappa shape index (κ2) is 6.31. The average molecular weight is 323 g/mol. The van der Waals surface area contributed by atoms with Gasteiger partial charge in [-0.2, -0.15) is 0 Å². The molecule has 0 bridgehead atoms. The minimum absolute atomic E-state index is 0.303. The normalized spacial score (nSPS) is 12.4. The van der Waals surface area contributed by atoms with Gasteiger partial charge in [-0.25, -0.2) is 4.39 Å². The van der Waals surface area contributed by atoms with Crippen LogP contribution in [0, 0.1) is 5.82 Å². The SMILES string of the molecule is CCCc1cccc(C(O)c2ccc(Br)cc2F)c1. The molecule has 100 valence electrons. The molecule has 0 saturated carbocycles.